The second-order valence-electron chi connectivity index (χ2n) is 6.49. The Bertz CT molecular complexity index is 841. The summed E-state index contributed by atoms with van der Waals surface area (Å²) in [5.74, 6) is -0.815. The summed E-state index contributed by atoms with van der Waals surface area (Å²) in [6.45, 7) is 1.38. The van der Waals surface area contributed by atoms with E-state index in [0.717, 1.165) is 16.5 Å². The summed E-state index contributed by atoms with van der Waals surface area (Å²) in [5, 5.41) is 19.4. The fraction of sp³-hybridized carbons (Fsp3) is 0.389. The van der Waals surface area contributed by atoms with Gasteiger partial charge in [0, 0.05) is 49.7 Å². The average molecular weight is 376 g/mol. The molecule has 1 saturated heterocycles. The lowest BCUT2D eigenvalue weighted by Crippen LogP contribution is -2.54. The molecule has 144 valence electrons. The van der Waals surface area contributed by atoms with Gasteiger partial charge in [-0.3, -0.25) is 20.5 Å². The molecule has 0 unspecified atom stereocenters. The number of halogens is 2. The number of guanidine groups is 1. The molecule has 2 aromatic rings. The molecule has 1 aliphatic rings. The van der Waals surface area contributed by atoms with Crippen LogP contribution in [0.1, 0.15) is 5.56 Å². The molecular weight excluding hydrogens is 354 g/mol. The highest BCUT2D eigenvalue weighted by molar-refractivity contribution is 6.40. The molecule has 1 aromatic carbocycles. The Morgan fingerprint density at radius 1 is 1.19 bits per heavy atom. The maximum atomic E-state index is 12.4. The molecular formula is C18H22F2N6O. The number of amidine groups is 1. The van der Waals surface area contributed by atoms with Crippen LogP contribution in [0.15, 0.2) is 30.5 Å². The van der Waals surface area contributed by atoms with Gasteiger partial charge < -0.3 is 15.2 Å². The highest BCUT2D eigenvalue weighted by Crippen LogP contribution is 2.18. The normalized spacial score (nSPS) is 15.3. The summed E-state index contributed by atoms with van der Waals surface area (Å²) < 4.78 is 24.8. The van der Waals surface area contributed by atoms with Crippen molar-refractivity contribution in [3.63, 3.8) is 0 Å². The Kier molecular flexibility index (Phi) is 5.80. The molecule has 3 rings (SSSR count). The van der Waals surface area contributed by atoms with Crippen LogP contribution >= 0.6 is 0 Å². The summed E-state index contributed by atoms with van der Waals surface area (Å²) in [6, 6.07) is 7.61. The molecule has 0 atom stereocenters. The van der Waals surface area contributed by atoms with Crippen LogP contribution in [-0.2, 0) is 11.2 Å². The molecule has 0 radical (unpaired) electrons. The van der Waals surface area contributed by atoms with Crippen LogP contribution in [0.25, 0.3) is 10.9 Å². The van der Waals surface area contributed by atoms with E-state index >= 15 is 0 Å². The zero-order valence-corrected chi connectivity index (χ0v) is 14.8. The summed E-state index contributed by atoms with van der Waals surface area (Å²) in [4.78, 5) is 18.7. The van der Waals surface area contributed by atoms with Crippen LogP contribution in [0.4, 0.5) is 8.78 Å². The predicted molar refractivity (Wildman–Crippen MR) is 99.6 cm³/mol. The number of para-hydroxylation sites is 1. The van der Waals surface area contributed by atoms with Gasteiger partial charge >= 0.3 is 0 Å². The van der Waals surface area contributed by atoms with Crippen molar-refractivity contribution < 1.29 is 13.6 Å². The van der Waals surface area contributed by atoms with E-state index in [-0.39, 0.29) is 24.8 Å². The van der Waals surface area contributed by atoms with Crippen molar-refractivity contribution in [2.45, 2.75) is 12.8 Å². The zero-order chi connectivity index (χ0) is 19.4. The minimum absolute atomic E-state index is 0.0519. The molecule has 1 aromatic heterocycles. The van der Waals surface area contributed by atoms with Crippen molar-refractivity contribution >= 4 is 28.5 Å². The number of carbonyl (C=O) groups excluding carboxylic acids is 1. The first-order valence-electron chi connectivity index (χ1n) is 8.72. The van der Waals surface area contributed by atoms with E-state index in [1.807, 2.05) is 24.3 Å². The van der Waals surface area contributed by atoms with Crippen molar-refractivity contribution in [2.75, 3.05) is 32.7 Å². The topological polar surface area (TPSA) is 99.1 Å². The second-order valence-corrected chi connectivity index (χ2v) is 6.49. The van der Waals surface area contributed by atoms with Crippen molar-refractivity contribution in [1.82, 2.24) is 20.1 Å². The van der Waals surface area contributed by atoms with Gasteiger partial charge in [0.1, 0.15) is 0 Å². The number of hydrogen-bond donors (Lipinski definition) is 4. The monoisotopic (exact) mass is 376 g/mol. The first kappa shape index (κ1) is 19.0. The Morgan fingerprint density at radius 3 is 2.59 bits per heavy atom. The van der Waals surface area contributed by atoms with Gasteiger partial charge in [-0.2, -0.15) is 0 Å². The summed E-state index contributed by atoms with van der Waals surface area (Å²) in [6.07, 6.45) is -0.557. The van der Waals surface area contributed by atoms with Gasteiger partial charge in [0.05, 0.1) is 6.54 Å². The molecule has 1 fully saturated rings. The molecule has 0 spiro atoms. The first-order valence-corrected chi connectivity index (χ1v) is 8.72. The van der Waals surface area contributed by atoms with Crippen LogP contribution in [0, 0.1) is 10.8 Å². The van der Waals surface area contributed by atoms with E-state index in [1.54, 1.807) is 16.0 Å². The number of hydrogen-bond acceptors (Lipinski definition) is 4. The lowest BCUT2D eigenvalue weighted by atomic mass is 10.1. The van der Waals surface area contributed by atoms with Crippen molar-refractivity contribution in [2.24, 2.45) is 0 Å². The summed E-state index contributed by atoms with van der Waals surface area (Å²) in [5.41, 5.74) is 1.73. The average Bonchev–Trinajstić information content (AvgIpc) is 3.04. The standard InChI is InChI=1S/C18H22F2N6O/c19-16(20)11-25-5-7-26(8-6-25)18(22)24-17(21)15(27)9-12-10-23-14-4-2-1-3-13(12)14/h1-4,10,16,23H,5-9,11H2,(H3,21,22,24). The lowest BCUT2D eigenvalue weighted by Gasteiger charge is -2.35. The molecule has 1 aliphatic heterocycles. The number of Topliss-reactive ketones (excluding diaryl/α,β-unsaturated/α-hetero) is 1. The number of piperazine rings is 1. The van der Waals surface area contributed by atoms with Gasteiger partial charge in [0.2, 0.25) is 5.78 Å². The molecule has 0 amide bonds. The van der Waals surface area contributed by atoms with Crippen LogP contribution < -0.4 is 5.32 Å². The Hall–Kier alpha value is -2.81. The fourth-order valence-corrected chi connectivity index (χ4v) is 3.16. The van der Waals surface area contributed by atoms with E-state index in [0.29, 0.717) is 26.2 Å². The van der Waals surface area contributed by atoms with E-state index in [2.05, 4.69) is 10.3 Å². The number of rotatable bonds is 5. The summed E-state index contributed by atoms with van der Waals surface area (Å²) in [7, 11) is 0. The molecule has 4 N–H and O–H groups in total. The third-order valence-electron chi connectivity index (χ3n) is 4.63. The maximum Gasteiger partial charge on any atom is 0.251 e. The number of nitrogens with zero attached hydrogens (tertiary/aromatic N) is 2. The Morgan fingerprint density at radius 2 is 1.89 bits per heavy atom. The number of fused-ring (bicyclic) bond motifs is 1. The van der Waals surface area contributed by atoms with E-state index in [1.165, 1.54) is 0 Å². The van der Waals surface area contributed by atoms with E-state index in [4.69, 9.17) is 10.8 Å². The molecule has 0 aliphatic carbocycles. The minimum Gasteiger partial charge on any atom is -0.361 e. The number of nitrogens with one attached hydrogen (secondary N) is 4. The number of alkyl halides is 2. The number of benzene rings is 1. The highest BCUT2D eigenvalue weighted by Gasteiger charge is 2.23. The molecule has 7 nitrogen and oxygen atoms in total. The summed E-state index contributed by atoms with van der Waals surface area (Å²) >= 11 is 0. The van der Waals surface area contributed by atoms with Crippen LogP contribution in [0.5, 0.6) is 0 Å². The number of aromatic nitrogens is 1. The Labute approximate surface area is 155 Å². The zero-order valence-electron chi connectivity index (χ0n) is 14.8. The van der Waals surface area contributed by atoms with E-state index < -0.39 is 12.2 Å². The molecule has 27 heavy (non-hydrogen) atoms. The van der Waals surface area contributed by atoms with Gasteiger partial charge in [-0.05, 0) is 11.6 Å². The number of aromatic amines is 1. The first-order chi connectivity index (χ1) is 12.9. The Balaban J connectivity index is 1.51. The van der Waals surface area contributed by atoms with Crippen molar-refractivity contribution in [3.8, 4) is 0 Å². The van der Waals surface area contributed by atoms with E-state index in [9.17, 15) is 13.6 Å². The van der Waals surface area contributed by atoms with Crippen LogP contribution in [0.2, 0.25) is 0 Å². The van der Waals surface area contributed by atoms with Crippen molar-refractivity contribution in [1.29, 1.82) is 10.8 Å². The maximum absolute atomic E-state index is 12.4. The van der Waals surface area contributed by atoms with Gasteiger partial charge in [0.25, 0.3) is 6.43 Å². The quantitative estimate of drug-likeness (QED) is 0.471. The van der Waals surface area contributed by atoms with Crippen LogP contribution in [-0.4, -0.2) is 71.5 Å². The third-order valence-corrected chi connectivity index (χ3v) is 4.63. The third kappa shape index (κ3) is 4.68. The molecule has 9 heteroatoms. The predicted octanol–water partition coefficient (Wildman–Crippen LogP) is 1.66. The molecule has 0 bridgehead atoms. The minimum atomic E-state index is -2.37. The lowest BCUT2D eigenvalue weighted by molar-refractivity contribution is -0.112. The molecule has 2 heterocycles. The van der Waals surface area contributed by atoms with Gasteiger partial charge in [0.15, 0.2) is 11.8 Å². The largest absolute Gasteiger partial charge is 0.361 e. The van der Waals surface area contributed by atoms with Gasteiger partial charge in [-0.25, -0.2) is 8.78 Å². The van der Waals surface area contributed by atoms with Gasteiger partial charge in [-0.1, -0.05) is 18.2 Å². The fourth-order valence-electron chi connectivity index (χ4n) is 3.16. The van der Waals surface area contributed by atoms with Gasteiger partial charge in [-0.15, -0.1) is 0 Å². The van der Waals surface area contributed by atoms with Crippen LogP contribution in [0.3, 0.4) is 0 Å². The number of ketones is 1. The highest BCUT2D eigenvalue weighted by atomic mass is 19.3. The smallest absolute Gasteiger partial charge is 0.251 e. The van der Waals surface area contributed by atoms with Crippen molar-refractivity contribution in [3.05, 3.63) is 36.0 Å². The SMILES string of the molecule is N=C(NC(=N)N1CCN(CC(F)F)CC1)C(=O)Cc1c[nH]c2ccccc12. The number of H-pyrrole nitrogens is 1. The molecule has 0 saturated carbocycles. The second kappa shape index (κ2) is 8.26. The number of carbonyl (C=O) groups is 1.